The van der Waals surface area contributed by atoms with Crippen molar-refractivity contribution in [3.8, 4) is 0 Å². The molecular formula is C15H23N. The van der Waals surface area contributed by atoms with Crippen LogP contribution in [0.15, 0.2) is 24.3 Å². The lowest BCUT2D eigenvalue weighted by atomic mass is 9.78. The van der Waals surface area contributed by atoms with Gasteiger partial charge in [-0.25, -0.2) is 0 Å². The molecular weight excluding hydrogens is 194 g/mol. The third kappa shape index (κ3) is 2.46. The Morgan fingerprint density at radius 3 is 2.56 bits per heavy atom. The van der Waals surface area contributed by atoms with E-state index in [1.54, 1.807) is 5.56 Å². The van der Waals surface area contributed by atoms with Crippen LogP contribution in [-0.2, 0) is 5.41 Å². The molecule has 0 saturated carbocycles. The van der Waals surface area contributed by atoms with Crippen LogP contribution in [0.25, 0.3) is 0 Å². The van der Waals surface area contributed by atoms with Crippen molar-refractivity contribution in [3.05, 3.63) is 35.4 Å². The Morgan fingerprint density at radius 2 is 1.94 bits per heavy atom. The molecule has 1 aliphatic heterocycles. The monoisotopic (exact) mass is 217 g/mol. The summed E-state index contributed by atoms with van der Waals surface area (Å²) < 4.78 is 0. The molecule has 1 aromatic rings. The van der Waals surface area contributed by atoms with E-state index < -0.39 is 0 Å². The Balaban J connectivity index is 2.32. The maximum absolute atomic E-state index is 3.51. The minimum atomic E-state index is 0.258. The number of nitrogens with one attached hydrogen (secondary N) is 1. The summed E-state index contributed by atoms with van der Waals surface area (Å²) in [4.78, 5) is 0. The van der Waals surface area contributed by atoms with Crippen molar-refractivity contribution in [1.29, 1.82) is 0 Å². The Bertz CT molecular complexity index is 343. The maximum atomic E-state index is 3.51. The highest BCUT2D eigenvalue weighted by molar-refractivity contribution is 5.36. The van der Waals surface area contributed by atoms with Crippen LogP contribution in [-0.4, -0.2) is 13.1 Å². The fourth-order valence-electron chi connectivity index (χ4n) is 2.65. The second kappa shape index (κ2) is 4.58. The molecule has 88 valence electrons. The van der Waals surface area contributed by atoms with Crippen LogP contribution in [0.4, 0.5) is 0 Å². The summed E-state index contributed by atoms with van der Waals surface area (Å²) in [6, 6.07) is 8.96. The zero-order valence-electron chi connectivity index (χ0n) is 10.7. The zero-order valence-corrected chi connectivity index (χ0v) is 10.7. The Morgan fingerprint density at radius 1 is 1.19 bits per heavy atom. The number of hydrogen-bond acceptors (Lipinski definition) is 1. The zero-order chi connectivity index (χ0) is 11.6. The fourth-order valence-corrected chi connectivity index (χ4v) is 2.65. The molecule has 0 aliphatic carbocycles. The molecule has 1 atom stereocenters. The molecule has 0 radical (unpaired) electrons. The first-order chi connectivity index (χ1) is 7.59. The van der Waals surface area contributed by atoms with Gasteiger partial charge < -0.3 is 5.32 Å². The molecule has 2 rings (SSSR count). The van der Waals surface area contributed by atoms with Crippen molar-refractivity contribution in [1.82, 2.24) is 5.32 Å². The molecule has 16 heavy (non-hydrogen) atoms. The summed E-state index contributed by atoms with van der Waals surface area (Å²) in [6.45, 7) is 9.26. The van der Waals surface area contributed by atoms with E-state index >= 15 is 0 Å². The molecule has 0 aromatic heterocycles. The van der Waals surface area contributed by atoms with Gasteiger partial charge in [-0.1, -0.05) is 45.0 Å². The second-order valence-electron chi connectivity index (χ2n) is 5.88. The smallest absolute Gasteiger partial charge is 0.00202 e. The van der Waals surface area contributed by atoms with E-state index in [0.717, 1.165) is 6.54 Å². The topological polar surface area (TPSA) is 12.0 Å². The highest BCUT2D eigenvalue weighted by Crippen LogP contribution is 2.33. The van der Waals surface area contributed by atoms with Crippen LogP contribution >= 0.6 is 0 Å². The third-order valence-electron chi connectivity index (χ3n) is 3.51. The molecule has 0 bridgehead atoms. The minimum absolute atomic E-state index is 0.258. The third-order valence-corrected chi connectivity index (χ3v) is 3.51. The first kappa shape index (κ1) is 11.7. The van der Waals surface area contributed by atoms with Gasteiger partial charge in [-0.15, -0.1) is 0 Å². The number of rotatable bonds is 1. The van der Waals surface area contributed by atoms with Crippen molar-refractivity contribution in [3.63, 3.8) is 0 Å². The van der Waals surface area contributed by atoms with Gasteiger partial charge in [0.05, 0.1) is 0 Å². The van der Waals surface area contributed by atoms with Gasteiger partial charge in [0.25, 0.3) is 0 Å². The Labute approximate surface area is 99.3 Å². The molecule has 1 nitrogen and oxygen atoms in total. The van der Waals surface area contributed by atoms with Crippen LogP contribution < -0.4 is 5.32 Å². The van der Waals surface area contributed by atoms with Gasteiger partial charge in [0, 0.05) is 6.54 Å². The van der Waals surface area contributed by atoms with Crippen LogP contribution in [0.2, 0.25) is 0 Å². The van der Waals surface area contributed by atoms with Crippen LogP contribution in [0, 0.1) is 0 Å². The summed E-state index contributed by atoms with van der Waals surface area (Å²) in [5.74, 6) is 0.712. The highest BCUT2D eigenvalue weighted by atomic mass is 14.9. The Kier molecular flexibility index (Phi) is 3.34. The molecule has 1 aliphatic rings. The molecule has 0 spiro atoms. The average Bonchev–Trinajstić information content (AvgIpc) is 2.29. The normalized spacial score (nSPS) is 22.1. The first-order valence-electron chi connectivity index (χ1n) is 6.39. The highest BCUT2D eigenvalue weighted by Gasteiger charge is 2.23. The van der Waals surface area contributed by atoms with E-state index in [2.05, 4.69) is 50.4 Å². The van der Waals surface area contributed by atoms with Crippen molar-refractivity contribution in [2.24, 2.45) is 0 Å². The first-order valence-corrected chi connectivity index (χ1v) is 6.39. The minimum Gasteiger partial charge on any atom is -0.316 e. The molecule has 1 heteroatoms. The van der Waals surface area contributed by atoms with Crippen LogP contribution in [0.3, 0.4) is 0 Å². The molecule has 1 aromatic carbocycles. The summed E-state index contributed by atoms with van der Waals surface area (Å²) in [7, 11) is 0. The van der Waals surface area contributed by atoms with Crippen LogP contribution in [0.1, 0.15) is 50.7 Å². The summed E-state index contributed by atoms with van der Waals surface area (Å²) >= 11 is 0. The molecule has 0 amide bonds. The van der Waals surface area contributed by atoms with Crippen molar-refractivity contribution in [2.45, 2.75) is 44.9 Å². The lowest BCUT2D eigenvalue weighted by molar-refractivity contribution is 0.452. The van der Waals surface area contributed by atoms with Gasteiger partial charge in [0.15, 0.2) is 0 Å². The van der Waals surface area contributed by atoms with E-state index in [9.17, 15) is 0 Å². The van der Waals surface area contributed by atoms with Crippen molar-refractivity contribution < 1.29 is 0 Å². The molecule has 1 saturated heterocycles. The summed E-state index contributed by atoms with van der Waals surface area (Å²) in [5, 5.41) is 3.51. The summed E-state index contributed by atoms with van der Waals surface area (Å²) in [5.41, 5.74) is 3.33. The summed E-state index contributed by atoms with van der Waals surface area (Å²) in [6.07, 6.45) is 2.64. The van der Waals surface area contributed by atoms with E-state index in [1.807, 2.05) is 0 Å². The van der Waals surface area contributed by atoms with Gasteiger partial charge in [-0.05, 0) is 41.8 Å². The molecule has 1 heterocycles. The maximum Gasteiger partial charge on any atom is 0.00202 e. The van der Waals surface area contributed by atoms with Gasteiger partial charge in [0.2, 0.25) is 0 Å². The van der Waals surface area contributed by atoms with Gasteiger partial charge in [0.1, 0.15) is 0 Å². The second-order valence-corrected chi connectivity index (χ2v) is 5.88. The van der Waals surface area contributed by atoms with Gasteiger partial charge in [-0.2, -0.15) is 0 Å². The number of hydrogen-bond donors (Lipinski definition) is 1. The van der Waals surface area contributed by atoms with E-state index in [0.29, 0.717) is 5.92 Å². The van der Waals surface area contributed by atoms with E-state index in [1.165, 1.54) is 24.9 Å². The number of benzene rings is 1. The predicted octanol–water partition coefficient (Wildman–Crippen LogP) is 3.45. The quantitative estimate of drug-likeness (QED) is 0.759. The van der Waals surface area contributed by atoms with E-state index in [4.69, 9.17) is 0 Å². The molecule has 1 fully saturated rings. The van der Waals surface area contributed by atoms with Crippen molar-refractivity contribution in [2.75, 3.05) is 13.1 Å². The largest absolute Gasteiger partial charge is 0.316 e. The lowest BCUT2D eigenvalue weighted by Crippen LogP contribution is -2.30. The average molecular weight is 217 g/mol. The Hall–Kier alpha value is -0.820. The van der Waals surface area contributed by atoms with E-state index in [-0.39, 0.29) is 5.41 Å². The van der Waals surface area contributed by atoms with Gasteiger partial charge in [-0.3, -0.25) is 0 Å². The number of piperidine rings is 1. The molecule has 1 unspecified atom stereocenters. The standard InChI is InChI=1S/C15H23N/c1-15(2,3)14-9-5-4-8-13(14)12-7-6-10-16-11-12/h4-5,8-9,12,16H,6-7,10-11H2,1-3H3. The predicted molar refractivity (Wildman–Crippen MR) is 70.0 cm³/mol. The van der Waals surface area contributed by atoms with Crippen molar-refractivity contribution >= 4 is 0 Å². The lowest BCUT2D eigenvalue weighted by Gasteiger charge is -2.30. The van der Waals surface area contributed by atoms with Crippen LogP contribution in [0.5, 0.6) is 0 Å². The molecule has 1 N–H and O–H groups in total. The fraction of sp³-hybridized carbons (Fsp3) is 0.600. The van der Waals surface area contributed by atoms with Gasteiger partial charge >= 0.3 is 0 Å². The SMILES string of the molecule is CC(C)(C)c1ccccc1C1CCCNC1.